The summed E-state index contributed by atoms with van der Waals surface area (Å²) in [5.74, 6) is 0.448. The molecule has 128 valence electrons. The number of nitrogens with zero attached hydrogens (tertiary/aromatic N) is 3. The predicted octanol–water partition coefficient (Wildman–Crippen LogP) is 1.93. The van der Waals surface area contributed by atoms with Gasteiger partial charge in [-0.05, 0) is 29.3 Å². The van der Waals surface area contributed by atoms with Gasteiger partial charge in [-0.2, -0.15) is 9.78 Å². The molecule has 3 aromatic rings. The molecule has 1 saturated heterocycles. The van der Waals surface area contributed by atoms with E-state index < -0.39 is 0 Å². The minimum absolute atomic E-state index is 0.183. The number of hydrazine groups is 1. The van der Waals surface area contributed by atoms with Crippen molar-refractivity contribution in [1.29, 1.82) is 0 Å². The largest absolute Gasteiger partial charge is 0.350 e. The standard InChI is InChI=1S/C18H18ClN5O/c19-17-4-2-1-3-14(17)11-23-12-22-24(18(23)25)16-7-5-13(6-8-16)15-9-20-21-10-15/h1-8,12,15,20-21H,9-11H2. The summed E-state index contributed by atoms with van der Waals surface area (Å²) < 4.78 is 2.96. The van der Waals surface area contributed by atoms with Crippen LogP contribution in [0.2, 0.25) is 5.02 Å². The predicted molar refractivity (Wildman–Crippen MR) is 97.1 cm³/mol. The van der Waals surface area contributed by atoms with Gasteiger partial charge in [0, 0.05) is 24.0 Å². The molecule has 1 aromatic heterocycles. The van der Waals surface area contributed by atoms with Gasteiger partial charge in [-0.1, -0.05) is 41.9 Å². The van der Waals surface area contributed by atoms with E-state index in [1.165, 1.54) is 10.2 Å². The maximum atomic E-state index is 12.6. The van der Waals surface area contributed by atoms with Crippen molar-refractivity contribution in [3.63, 3.8) is 0 Å². The van der Waals surface area contributed by atoms with Crippen molar-refractivity contribution in [3.8, 4) is 5.69 Å². The third-order valence-electron chi connectivity index (χ3n) is 4.46. The smallest absolute Gasteiger partial charge is 0.277 e. The molecule has 2 aromatic carbocycles. The fourth-order valence-electron chi connectivity index (χ4n) is 3.02. The Morgan fingerprint density at radius 1 is 1.08 bits per heavy atom. The van der Waals surface area contributed by atoms with Crippen molar-refractivity contribution in [1.82, 2.24) is 25.2 Å². The zero-order valence-electron chi connectivity index (χ0n) is 13.5. The van der Waals surface area contributed by atoms with Crippen LogP contribution in [0.5, 0.6) is 0 Å². The lowest BCUT2D eigenvalue weighted by molar-refractivity contribution is 0.689. The fourth-order valence-corrected chi connectivity index (χ4v) is 3.21. The molecule has 25 heavy (non-hydrogen) atoms. The van der Waals surface area contributed by atoms with Gasteiger partial charge < -0.3 is 0 Å². The summed E-state index contributed by atoms with van der Waals surface area (Å²) in [6, 6.07) is 15.5. The maximum Gasteiger partial charge on any atom is 0.350 e. The van der Waals surface area contributed by atoms with Crippen LogP contribution in [0.3, 0.4) is 0 Å². The number of hydrogen-bond donors (Lipinski definition) is 2. The first kappa shape index (κ1) is 16.1. The molecule has 2 heterocycles. The van der Waals surface area contributed by atoms with Gasteiger partial charge in [-0.15, -0.1) is 0 Å². The number of rotatable bonds is 4. The van der Waals surface area contributed by atoms with E-state index in [0.29, 0.717) is 17.5 Å². The maximum absolute atomic E-state index is 12.6. The van der Waals surface area contributed by atoms with E-state index in [2.05, 4.69) is 16.0 Å². The normalized spacial score (nSPS) is 14.9. The molecule has 0 radical (unpaired) electrons. The molecule has 2 N–H and O–H groups in total. The van der Waals surface area contributed by atoms with Crippen molar-refractivity contribution in [2.75, 3.05) is 13.1 Å². The zero-order chi connectivity index (χ0) is 17.2. The number of halogens is 1. The van der Waals surface area contributed by atoms with Crippen LogP contribution in [-0.2, 0) is 6.54 Å². The zero-order valence-corrected chi connectivity index (χ0v) is 14.3. The molecule has 1 aliphatic rings. The highest BCUT2D eigenvalue weighted by atomic mass is 35.5. The highest BCUT2D eigenvalue weighted by molar-refractivity contribution is 6.31. The third-order valence-corrected chi connectivity index (χ3v) is 4.83. The van der Waals surface area contributed by atoms with Crippen molar-refractivity contribution >= 4 is 11.6 Å². The SMILES string of the molecule is O=c1n(Cc2ccccc2Cl)cnn1-c1ccc(C2CNNC2)cc1. The van der Waals surface area contributed by atoms with E-state index >= 15 is 0 Å². The Hall–Kier alpha value is -2.41. The minimum atomic E-state index is -0.183. The van der Waals surface area contributed by atoms with Gasteiger partial charge in [0.05, 0.1) is 12.2 Å². The van der Waals surface area contributed by atoms with Crippen LogP contribution in [-0.4, -0.2) is 27.4 Å². The molecule has 0 unspecified atom stereocenters. The van der Waals surface area contributed by atoms with E-state index in [0.717, 1.165) is 24.3 Å². The Kier molecular flexibility index (Phi) is 4.40. The summed E-state index contributed by atoms with van der Waals surface area (Å²) in [5.41, 5.74) is 8.95. The molecule has 0 aliphatic carbocycles. The quantitative estimate of drug-likeness (QED) is 0.750. The number of benzene rings is 2. The van der Waals surface area contributed by atoms with E-state index in [1.54, 1.807) is 10.9 Å². The average Bonchev–Trinajstić information content (AvgIpc) is 3.28. The van der Waals surface area contributed by atoms with E-state index in [1.807, 2.05) is 48.5 Å². The third kappa shape index (κ3) is 3.24. The highest BCUT2D eigenvalue weighted by Crippen LogP contribution is 2.18. The number of hydrogen-bond acceptors (Lipinski definition) is 4. The monoisotopic (exact) mass is 355 g/mol. The molecule has 1 aliphatic heterocycles. The highest BCUT2D eigenvalue weighted by Gasteiger charge is 2.16. The fraction of sp³-hybridized carbons (Fsp3) is 0.222. The molecule has 6 nitrogen and oxygen atoms in total. The average molecular weight is 356 g/mol. The summed E-state index contributed by atoms with van der Waals surface area (Å²) >= 11 is 6.18. The molecule has 0 saturated carbocycles. The molecule has 1 fully saturated rings. The van der Waals surface area contributed by atoms with Crippen LogP contribution in [0.25, 0.3) is 5.69 Å². The van der Waals surface area contributed by atoms with E-state index in [9.17, 15) is 4.79 Å². The van der Waals surface area contributed by atoms with Crippen LogP contribution < -0.4 is 16.5 Å². The molecule has 0 atom stereocenters. The Morgan fingerprint density at radius 3 is 2.52 bits per heavy atom. The summed E-state index contributed by atoms with van der Waals surface area (Å²) in [6.07, 6.45) is 1.55. The number of nitrogens with one attached hydrogen (secondary N) is 2. The van der Waals surface area contributed by atoms with Gasteiger partial charge in [-0.3, -0.25) is 15.4 Å². The summed E-state index contributed by atoms with van der Waals surface area (Å²) in [7, 11) is 0. The first-order chi connectivity index (χ1) is 12.2. The molecule has 7 heteroatoms. The van der Waals surface area contributed by atoms with Gasteiger partial charge in [-0.25, -0.2) is 4.79 Å². The van der Waals surface area contributed by atoms with Crippen molar-refractivity contribution in [2.45, 2.75) is 12.5 Å². The van der Waals surface area contributed by atoms with Gasteiger partial charge in [0.2, 0.25) is 0 Å². The second kappa shape index (κ2) is 6.84. The van der Waals surface area contributed by atoms with E-state index in [-0.39, 0.29) is 5.69 Å². The molecule has 0 bridgehead atoms. The molecule has 4 rings (SSSR count). The van der Waals surface area contributed by atoms with Gasteiger partial charge in [0.15, 0.2) is 0 Å². The molecule has 0 amide bonds. The molecular formula is C18H18ClN5O. The van der Waals surface area contributed by atoms with Crippen LogP contribution in [0.4, 0.5) is 0 Å². The van der Waals surface area contributed by atoms with Gasteiger partial charge in [0.1, 0.15) is 6.33 Å². The lowest BCUT2D eigenvalue weighted by Gasteiger charge is -2.08. The van der Waals surface area contributed by atoms with Gasteiger partial charge >= 0.3 is 5.69 Å². The van der Waals surface area contributed by atoms with Crippen LogP contribution in [0.15, 0.2) is 59.7 Å². The lowest BCUT2D eigenvalue weighted by Crippen LogP contribution is -2.24. The molecular weight excluding hydrogens is 338 g/mol. The first-order valence-electron chi connectivity index (χ1n) is 8.16. The number of aromatic nitrogens is 3. The second-order valence-corrected chi connectivity index (χ2v) is 6.50. The Bertz CT molecular complexity index is 925. The van der Waals surface area contributed by atoms with Crippen LogP contribution in [0, 0.1) is 0 Å². The Labute approximate surface area is 150 Å². The van der Waals surface area contributed by atoms with Crippen molar-refractivity contribution in [3.05, 3.63) is 81.5 Å². The Balaban J connectivity index is 1.58. The second-order valence-electron chi connectivity index (χ2n) is 6.09. The van der Waals surface area contributed by atoms with Gasteiger partial charge in [0.25, 0.3) is 0 Å². The molecule has 0 spiro atoms. The summed E-state index contributed by atoms with van der Waals surface area (Å²) in [5, 5.41) is 4.88. The van der Waals surface area contributed by atoms with Crippen LogP contribution in [0.1, 0.15) is 17.0 Å². The van der Waals surface area contributed by atoms with Crippen molar-refractivity contribution < 1.29 is 0 Å². The van der Waals surface area contributed by atoms with Crippen LogP contribution >= 0.6 is 11.6 Å². The topological polar surface area (TPSA) is 63.9 Å². The first-order valence-corrected chi connectivity index (χ1v) is 8.54. The minimum Gasteiger partial charge on any atom is -0.277 e. The summed E-state index contributed by atoms with van der Waals surface area (Å²) in [4.78, 5) is 12.6. The Morgan fingerprint density at radius 2 is 1.80 bits per heavy atom. The lowest BCUT2D eigenvalue weighted by atomic mass is 10.0. The summed E-state index contributed by atoms with van der Waals surface area (Å²) in [6.45, 7) is 2.22. The van der Waals surface area contributed by atoms with Crippen molar-refractivity contribution in [2.24, 2.45) is 0 Å². The van der Waals surface area contributed by atoms with E-state index in [4.69, 9.17) is 11.6 Å².